The smallest absolute Gasteiger partial charge is 0.265 e. The van der Waals surface area contributed by atoms with Gasteiger partial charge < -0.3 is 4.42 Å². The van der Waals surface area contributed by atoms with Gasteiger partial charge in [0.25, 0.3) is 5.78 Å². The molecule has 0 amide bonds. The molecule has 122 valence electrons. The number of hydrogen-bond donors (Lipinski definition) is 1. The van der Waals surface area contributed by atoms with Crippen molar-refractivity contribution in [2.45, 2.75) is 16.2 Å². The molecule has 0 bridgehead atoms. The second-order valence-electron chi connectivity index (χ2n) is 4.79. The number of benzene rings is 1. The summed E-state index contributed by atoms with van der Waals surface area (Å²) < 4.78 is 30.3. The van der Waals surface area contributed by atoms with Crippen molar-refractivity contribution in [3.05, 3.63) is 60.6 Å². The van der Waals surface area contributed by atoms with Gasteiger partial charge in [0.1, 0.15) is 17.0 Å². The van der Waals surface area contributed by atoms with Crippen molar-refractivity contribution < 1.29 is 22.4 Å². The number of Topliss-reactive ketones (excluding diaryl/α,β-unsaturated/α-hetero) is 2. The largest absolute Gasteiger partial charge is 0.467 e. The highest BCUT2D eigenvalue weighted by atomic mass is 32.2. The first-order valence-electron chi connectivity index (χ1n) is 6.79. The number of nitrogens with one attached hydrogen (secondary N) is 1. The summed E-state index contributed by atoms with van der Waals surface area (Å²) in [4.78, 5) is 27.4. The molecule has 3 aromatic rings. The number of carbonyl (C=O) groups is 2. The Labute approximate surface area is 136 Å². The number of hydrogen-bond acceptors (Lipinski definition) is 7. The van der Waals surface area contributed by atoms with Crippen LogP contribution in [0.25, 0.3) is 0 Å². The topological polar surface area (TPSA) is 123 Å². The normalized spacial score (nSPS) is 11.3. The third-order valence-corrected chi connectivity index (χ3v) is 5.09. The first-order chi connectivity index (χ1) is 11.5. The summed E-state index contributed by atoms with van der Waals surface area (Å²) in [5, 5.41) is 5.78. The number of aromatic nitrogens is 3. The van der Waals surface area contributed by atoms with Crippen molar-refractivity contribution in [3.63, 3.8) is 0 Å². The fourth-order valence-electron chi connectivity index (χ4n) is 2.10. The van der Waals surface area contributed by atoms with Gasteiger partial charge in [-0.2, -0.15) is 5.10 Å². The van der Waals surface area contributed by atoms with Crippen LogP contribution < -0.4 is 0 Å². The summed E-state index contributed by atoms with van der Waals surface area (Å²) in [5.74, 6) is -2.06. The van der Waals surface area contributed by atoms with E-state index in [-0.39, 0.29) is 21.4 Å². The van der Waals surface area contributed by atoms with E-state index in [4.69, 9.17) is 4.42 Å². The summed E-state index contributed by atoms with van der Waals surface area (Å²) in [7, 11) is -3.84. The van der Waals surface area contributed by atoms with E-state index in [0.717, 1.165) is 12.6 Å². The summed E-state index contributed by atoms with van der Waals surface area (Å²) in [5.41, 5.74) is 0. The summed E-state index contributed by atoms with van der Waals surface area (Å²) in [6, 6.07) is 9.00. The second-order valence-corrected chi connectivity index (χ2v) is 6.71. The van der Waals surface area contributed by atoms with Crippen LogP contribution in [0.15, 0.2) is 63.2 Å². The molecule has 1 N–H and O–H groups in total. The van der Waals surface area contributed by atoms with Gasteiger partial charge in [0, 0.05) is 0 Å². The molecular formula is C15H11N3O5S. The van der Waals surface area contributed by atoms with E-state index in [9.17, 15) is 18.0 Å². The fourth-order valence-corrected chi connectivity index (χ4v) is 3.52. The van der Waals surface area contributed by atoms with Crippen LogP contribution >= 0.6 is 0 Å². The summed E-state index contributed by atoms with van der Waals surface area (Å²) >= 11 is 0. The van der Waals surface area contributed by atoms with Crippen molar-refractivity contribution in [1.82, 2.24) is 15.2 Å². The average molecular weight is 345 g/mol. The Hall–Kier alpha value is -3.07. The maximum atomic E-state index is 12.6. The standard InChI is InChI=1S/C15H11N3O5S/c19-11(14(20)15-16-9-17-18-15)8-12-13(6-7-23-12)24(21,22)10-4-2-1-3-5-10/h1-7,9H,8H2,(H,16,17,18). The zero-order valence-electron chi connectivity index (χ0n) is 12.2. The van der Waals surface area contributed by atoms with E-state index in [2.05, 4.69) is 15.2 Å². The van der Waals surface area contributed by atoms with E-state index in [0.29, 0.717) is 0 Å². The molecule has 0 atom stereocenters. The predicted octanol–water partition coefficient (Wildman–Crippen LogP) is 1.22. The van der Waals surface area contributed by atoms with Crippen LogP contribution in [0.5, 0.6) is 0 Å². The van der Waals surface area contributed by atoms with Gasteiger partial charge in [0.2, 0.25) is 15.6 Å². The third-order valence-electron chi connectivity index (χ3n) is 3.25. The molecule has 24 heavy (non-hydrogen) atoms. The minimum absolute atomic E-state index is 0.0710. The first-order valence-corrected chi connectivity index (χ1v) is 8.28. The van der Waals surface area contributed by atoms with Crippen LogP contribution in [-0.4, -0.2) is 35.2 Å². The van der Waals surface area contributed by atoms with Crippen molar-refractivity contribution in [2.75, 3.05) is 0 Å². The quantitative estimate of drug-likeness (QED) is 0.526. The van der Waals surface area contributed by atoms with Crippen LogP contribution in [0.3, 0.4) is 0 Å². The number of nitrogens with zero attached hydrogens (tertiary/aromatic N) is 2. The minimum atomic E-state index is -3.84. The third kappa shape index (κ3) is 2.88. The fraction of sp³-hybridized carbons (Fsp3) is 0.0667. The molecule has 3 rings (SSSR count). The molecule has 2 aromatic heterocycles. The summed E-state index contributed by atoms with van der Waals surface area (Å²) in [6.07, 6.45) is 1.77. The van der Waals surface area contributed by atoms with E-state index in [1.165, 1.54) is 18.2 Å². The van der Waals surface area contributed by atoms with Gasteiger partial charge >= 0.3 is 0 Å². The Balaban J connectivity index is 1.89. The number of H-pyrrole nitrogens is 1. The monoisotopic (exact) mass is 345 g/mol. The highest BCUT2D eigenvalue weighted by Crippen LogP contribution is 2.25. The lowest BCUT2D eigenvalue weighted by Gasteiger charge is -2.04. The Kier molecular flexibility index (Phi) is 4.09. The minimum Gasteiger partial charge on any atom is -0.467 e. The van der Waals surface area contributed by atoms with Crippen molar-refractivity contribution >= 4 is 21.4 Å². The molecule has 2 heterocycles. The highest BCUT2D eigenvalue weighted by molar-refractivity contribution is 7.91. The van der Waals surface area contributed by atoms with E-state index in [1.54, 1.807) is 18.2 Å². The molecule has 0 saturated carbocycles. The molecule has 0 aliphatic carbocycles. The molecular weight excluding hydrogens is 334 g/mol. The zero-order chi connectivity index (χ0) is 17.2. The van der Waals surface area contributed by atoms with Crippen LogP contribution in [-0.2, 0) is 21.1 Å². The predicted molar refractivity (Wildman–Crippen MR) is 80.0 cm³/mol. The Bertz CT molecular complexity index is 975. The lowest BCUT2D eigenvalue weighted by Crippen LogP contribution is -2.19. The molecule has 0 aliphatic rings. The molecule has 0 unspecified atom stereocenters. The number of rotatable bonds is 6. The first kappa shape index (κ1) is 15.8. The molecule has 0 fully saturated rings. The maximum Gasteiger partial charge on any atom is 0.265 e. The van der Waals surface area contributed by atoms with E-state index >= 15 is 0 Å². The van der Waals surface area contributed by atoms with Crippen LogP contribution in [0.4, 0.5) is 0 Å². The molecule has 0 spiro atoms. The van der Waals surface area contributed by atoms with Gasteiger partial charge in [-0.25, -0.2) is 13.4 Å². The molecule has 0 radical (unpaired) electrons. The number of aromatic amines is 1. The van der Waals surface area contributed by atoms with E-state index in [1.807, 2.05) is 0 Å². The molecule has 8 nitrogen and oxygen atoms in total. The number of furan rings is 1. The zero-order valence-corrected chi connectivity index (χ0v) is 13.0. The van der Waals surface area contributed by atoms with E-state index < -0.39 is 27.8 Å². The van der Waals surface area contributed by atoms with Gasteiger partial charge in [-0.3, -0.25) is 14.7 Å². The van der Waals surface area contributed by atoms with Crippen LogP contribution in [0, 0.1) is 0 Å². The number of sulfone groups is 1. The Morgan fingerprint density at radius 3 is 2.54 bits per heavy atom. The number of ketones is 2. The summed E-state index contributed by atoms with van der Waals surface area (Å²) in [6.45, 7) is 0. The molecule has 0 aliphatic heterocycles. The highest BCUT2D eigenvalue weighted by Gasteiger charge is 2.27. The van der Waals surface area contributed by atoms with Crippen molar-refractivity contribution in [1.29, 1.82) is 0 Å². The van der Waals surface area contributed by atoms with Gasteiger partial charge in [0.05, 0.1) is 17.6 Å². The van der Waals surface area contributed by atoms with Gasteiger partial charge in [-0.05, 0) is 18.2 Å². The van der Waals surface area contributed by atoms with Gasteiger partial charge in [0.15, 0.2) is 5.82 Å². The SMILES string of the molecule is O=C(Cc1occc1S(=O)(=O)c1ccccc1)C(=O)c1ncn[nH]1. The van der Waals surface area contributed by atoms with Crippen LogP contribution in [0.2, 0.25) is 0 Å². The Morgan fingerprint density at radius 1 is 1.12 bits per heavy atom. The van der Waals surface area contributed by atoms with Gasteiger partial charge in [-0.1, -0.05) is 18.2 Å². The van der Waals surface area contributed by atoms with Crippen molar-refractivity contribution in [3.8, 4) is 0 Å². The van der Waals surface area contributed by atoms with Crippen molar-refractivity contribution in [2.24, 2.45) is 0 Å². The lowest BCUT2D eigenvalue weighted by molar-refractivity contribution is -0.114. The lowest BCUT2D eigenvalue weighted by atomic mass is 10.1. The Morgan fingerprint density at radius 2 is 1.88 bits per heavy atom. The molecule has 0 saturated heterocycles. The maximum absolute atomic E-state index is 12.6. The molecule has 9 heteroatoms. The number of carbonyl (C=O) groups excluding carboxylic acids is 2. The molecule has 1 aromatic carbocycles. The van der Waals surface area contributed by atoms with Gasteiger partial charge in [-0.15, -0.1) is 0 Å². The second kappa shape index (κ2) is 6.20. The average Bonchev–Trinajstić information content (AvgIpc) is 3.26. The van der Waals surface area contributed by atoms with Crippen LogP contribution in [0.1, 0.15) is 16.4 Å².